The monoisotopic (exact) mass is 269 g/mol. The highest BCUT2D eigenvalue weighted by Crippen LogP contribution is 2.27. The number of hydrogen-bond donors (Lipinski definition) is 1. The fraction of sp³-hybridized carbons (Fsp3) is 0.667. The van der Waals surface area contributed by atoms with Crippen LogP contribution in [-0.4, -0.2) is 46.6 Å². The van der Waals surface area contributed by atoms with E-state index in [-0.39, 0.29) is 5.54 Å². The molecule has 1 aliphatic rings. The van der Waals surface area contributed by atoms with Crippen LogP contribution in [0, 0.1) is 0 Å². The lowest BCUT2D eigenvalue weighted by Gasteiger charge is -2.42. The largest absolute Gasteiger partial charge is 0.393 e. The minimum atomic E-state index is 0.209. The fourth-order valence-electron chi connectivity index (χ4n) is 2.21. The first-order valence-corrected chi connectivity index (χ1v) is 6.53. The van der Waals surface area contributed by atoms with Gasteiger partial charge in [0.15, 0.2) is 11.0 Å². The molecule has 1 aromatic heterocycles. The zero-order valence-electron chi connectivity index (χ0n) is 11.1. The number of nitrogens with zero attached hydrogens (tertiary/aromatic N) is 4. The summed E-state index contributed by atoms with van der Waals surface area (Å²) in [7, 11) is 0. The predicted octanol–water partition coefficient (Wildman–Crippen LogP) is 1.63. The van der Waals surface area contributed by atoms with E-state index in [1.165, 1.54) is 6.33 Å². The van der Waals surface area contributed by atoms with Crippen molar-refractivity contribution in [2.45, 2.75) is 26.3 Å². The topological polar surface area (TPSA) is 58.3 Å². The molecule has 1 saturated heterocycles. The number of rotatable bonds is 1. The van der Waals surface area contributed by atoms with Crippen LogP contribution >= 0.6 is 11.6 Å². The van der Waals surface area contributed by atoms with Gasteiger partial charge in [0.05, 0.1) is 0 Å². The summed E-state index contributed by atoms with van der Waals surface area (Å²) in [6, 6.07) is 0. The number of halogens is 1. The highest BCUT2D eigenvalue weighted by atomic mass is 35.5. The SMILES string of the molecule is CC(C)(C)N1CCN(c2ncnc(Cl)c2N)CC1. The maximum absolute atomic E-state index is 5.92. The Balaban J connectivity index is 2.08. The van der Waals surface area contributed by atoms with Gasteiger partial charge < -0.3 is 10.6 Å². The summed E-state index contributed by atoms with van der Waals surface area (Å²) in [5.41, 5.74) is 6.61. The quantitative estimate of drug-likeness (QED) is 0.786. The third kappa shape index (κ3) is 2.67. The lowest BCUT2D eigenvalue weighted by molar-refractivity contribution is 0.128. The van der Waals surface area contributed by atoms with Crippen molar-refractivity contribution in [3.8, 4) is 0 Å². The van der Waals surface area contributed by atoms with E-state index in [2.05, 4.69) is 40.5 Å². The first kappa shape index (κ1) is 13.4. The molecular formula is C12H20ClN5. The number of nitrogen functional groups attached to an aromatic ring is 1. The van der Waals surface area contributed by atoms with Crippen molar-refractivity contribution in [3.63, 3.8) is 0 Å². The van der Waals surface area contributed by atoms with Gasteiger partial charge in [0.2, 0.25) is 0 Å². The predicted molar refractivity (Wildman–Crippen MR) is 75.0 cm³/mol. The molecule has 0 aliphatic carbocycles. The molecule has 0 bridgehead atoms. The molecule has 0 unspecified atom stereocenters. The lowest BCUT2D eigenvalue weighted by Crippen LogP contribution is -2.53. The normalized spacial score (nSPS) is 18.1. The average molecular weight is 270 g/mol. The lowest BCUT2D eigenvalue weighted by atomic mass is 10.1. The molecule has 6 heteroatoms. The molecule has 1 aliphatic heterocycles. The van der Waals surface area contributed by atoms with Crippen molar-refractivity contribution in [2.24, 2.45) is 0 Å². The van der Waals surface area contributed by atoms with E-state index in [1.807, 2.05) is 0 Å². The van der Waals surface area contributed by atoms with E-state index in [9.17, 15) is 0 Å². The second-order valence-electron chi connectivity index (χ2n) is 5.55. The summed E-state index contributed by atoms with van der Waals surface area (Å²) < 4.78 is 0. The van der Waals surface area contributed by atoms with Gasteiger partial charge in [-0.25, -0.2) is 9.97 Å². The third-order valence-corrected chi connectivity index (χ3v) is 3.64. The highest BCUT2D eigenvalue weighted by molar-refractivity contribution is 6.32. The Morgan fingerprint density at radius 2 is 1.78 bits per heavy atom. The van der Waals surface area contributed by atoms with Crippen LogP contribution in [0.1, 0.15) is 20.8 Å². The summed E-state index contributed by atoms with van der Waals surface area (Å²) in [5, 5.41) is 0.332. The molecule has 1 aromatic rings. The highest BCUT2D eigenvalue weighted by Gasteiger charge is 2.27. The van der Waals surface area contributed by atoms with Gasteiger partial charge in [-0.2, -0.15) is 0 Å². The Bertz CT molecular complexity index is 421. The molecular weight excluding hydrogens is 250 g/mol. The molecule has 100 valence electrons. The van der Waals surface area contributed by atoms with Gasteiger partial charge in [-0.3, -0.25) is 4.90 Å². The minimum Gasteiger partial charge on any atom is -0.393 e. The maximum Gasteiger partial charge on any atom is 0.157 e. The van der Waals surface area contributed by atoms with Gasteiger partial charge in [-0.15, -0.1) is 0 Å². The molecule has 1 fully saturated rings. The minimum absolute atomic E-state index is 0.209. The summed E-state index contributed by atoms with van der Waals surface area (Å²) in [6.45, 7) is 10.5. The number of nitrogens with two attached hydrogens (primary N) is 1. The molecule has 5 nitrogen and oxygen atoms in total. The van der Waals surface area contributed by atoms with Crippen LogP contribution in [0.25, 0.3) is 0 Å². The van der Waals surface area contributed by atoms with Crippen molar-refractivity contribution in [2.75, 3.05) is 36.8 Å². The number of anilines is 2. The van der Waals surface area contributed by atoms with E-state index in [1.54, 1.807) is 0 Å². The van der Waals surface area contributed by atoms with E-state index in [0.29, 0.717) is 10.8 Å². The molecule has 2 rings (SSSR count). The van der Waals surface area contributed by atoms with Crippen molar-refractivity contribution in [1.82, 2.24) is 14.9 Å². The Morgan fingerprint density at radius 1 is 1.17 bits per heavy atom. The molecule has 0 atom stereocenters. The molecule has 0 spiro atoms. The van der Waals surface area contributed by atoms with Crippen molar-refractivity contribution >= 4 is 23.1 Å². The van der Waals surface area contributed by atoms with Crippen LogP contribution < -0.4 is 10.6 Å². The zero-order chi connectivity index (χ0) is 13.3. The Labute approximate surface area is 113 Å². The van der Waals surface area contributed by atoms with Gasteiger partial charge in [-0.1, -0.05) is 11.6 Å². The van der Waals surface area contributed by atoms with Crippen LogP contribution in [-0.2, 0) is 0 Å². The zero-order valence-corrected chi connectivity index (χ0v) is 11.9. The van der Waals surface area contributed by atoms with Crippen LogP contribution in [0.15, 0.2) is 6.33 Å². The summed E-state index contributed by atoms with van der Waals surface area (Å²) in [5.74, 6) is 0.753. The summed E-state index contributed by atoms with van der Waals surface area (Å²) >= 11 is 5.92. The van der Waals surface area contributed by atoms with Gasteiger partial charge in [0, 0.05) is 31.7 Å². The van der Waals surface area contributed by atoms with Crippen molar-refractivity contribution < 1.29 is 0 Å². The van der Waals surface area contributed by atoms with Crippen LogP contribution in [0.3, 0.4) is 0 Å². The molecule has 0 radical (unpaired) electrons. The second kappa shape index (κ2) is 4.90. The van der Waals surface area contributed by atoms with Gasteiger partial charge in [-0.05, 0) is 20.8 Å². The number of piperazine rings is 1. The maximum atomic E-state index is 5.92. The summed E-state index contributed by atoms with van der Waals surface area (Å²) in [4.78, 5) is 12.8. The number of aromatic nitrogens is 2. The number of hydrogen-bond acceptors (Lipinski definition) is 5. The van der Waals surface area contributed by atoms with Crippen LogP contribution in [0.4, 0.5) is 11.5 Å². The van der Waals surface area contributed by atoms with Crippen molar-refractivity contribution in [1.29, 1.82) is 0 Å². The van der Waals surface area contributed by atoms with Gasteiger partial charge >= 0.3 is 0 Å². The van der Waals surface area contributed by atoms with E-state index < -0.39 is 0 Å². The van der Waals surface area contributed by atoms with E-state index in [0.717, 1.165) is 32.0 Å². The van der Waals surface area contributed by atoms with E-state index >= 15 is 0 Å². The Kier molecular flexibility index (Phi) is 3.64. The van der Waals surface area contributed by atoms with Gasteiger partial charge in [0.1, 0.15) is 12.0 Å². The van der Waals surface area contributed by atoms with Crippen LogP contribution in [0.2, 0.25) is 5.15 Å². The molecule has 18 heavy (non-hydrogen) atoms. The third-order valence-electron chi connectivity index (χ3n) is 3.34. The average Bonchev–Trinajstić information content (AvgIpc) is 2.32. The Morgan fingerprint density at radius 3 is 2.33 bits per heavy atom. The van der Waals surface area contributed by atoms with Gasteiger partial charge in [0.25, 0.3) is 0 Å². The Hall–Kier alpha value is -1.07. The fourth-order valence-corrected chi connectivity index (χ4v) is 2.33. The molecule has 0 saturated carbocycles. The van der Waals surface area contributed by atoms with Crippen molar-refractivity contribution in [3.05, 3.63) is 11.5 Å². The first-order valence-electron chi connectivity index (χ1n) is 6.15. The smallest absolute Gasteiger partial charge is 0.157 e. The van der Waals surface area contributed by atoms with E-state index in [4.69, 9.17) is 17.3 Å². The molecule has 2 N–H and O–H groups in total. The summed E-state index contributed by atoms with van der Waals surface area (Å²) in [6.07, 6.45) is 1.46. The second-order valence-corrected chi connectivity index (χ2v) is 5.90. The molecule has 0 aromatic carbocycles. The molecule has 2 heterocycles. The standard InChI is InChI=1S/C12H20ClN5/c1-12(2,3)18-6-4-17(5-7-18)11-9(14)10(13)15-8-16-11/h8H,4-7,14H2,1-3H3. The molecule has 0 amide bonds. The first-order chi connectivity index (χ1) is 8.39. The van der Waals surface area contributed by atoms with Crippen LogP contribution in [0.5, 0.6) is 0 Å².